The quantitative estimate of drug-likeness (QED) is 0.739. The summed E-state index contributed by atoms with van der Waals surface area (Å²) in [6.45, 7) is 4.72. The van der Waals surface area contributed by atoms with Crippen molar-refractivity contribution >= 4 is 37.5 Å². The van der Waals surface area contributed by atoms with E-state index in [4.69, 9.17) is 0 Å². The molecule has 1 fully saturated rings. The molecule has 2 atom stereocenters. The van der Waals surface area contributed by atoms with Gasteiger partial charge in [0.2, 0.25) is 0 Å². The number of rotatable bonds is 2. The lowest BCUT2D eigenvalue weighted by Gasteiger charge is -2.33. The molecule has 0 amide bonds. The van der Waals surface area contributed by atoms with E-state index < -0.39 is 0 Å². The molecular formula is C14H19Br2N. The van der Waals surface area contributed by atoms with Crippen molar-refractivity contribution in [2.24, 2.45) is 11.8 Å². The maximum absolute atomic E-state index is 3.68. The number of hydrogen-bond donors (Lipinski definition) is 1. The minimum Gasteiger partial charge on any atom is -0.380 e. The number of nitrogens with one attached hydrogen (secondary N) is 1. The fourth-order valence-corrected chi connectivity index (χ4v) is 4.13. The van der Waals surface area contributed by atoms with Gasteiger partial charge in [0, 0.05) is 15.0 Å². The lowest BCUT2D eigenvalue weighted by atomic mass is 9.80. The standard InChI is InChI=1S/C14H19Br2N/c1-9-6-10(2)8-11(7-9)17-14-12(15)4-3-5-13(14)16/h3-5,9-11,17H,6-8H2,1-2H3. The number of halogens is 2. The first-order valence-corrected chi connectivity index (χ1v) is 7.85. The molecule has 94 valence electrons. The van der Waals surface area contributed by atoms with Crippen molar-refractivity contribution in [1.82, 2.24) is 0 Å². The summed E-state index contributed by atoms with van der Waals surface area (Å²) in [6.07, 6.45) is 3.92. The van der Waals surface area contributed by atoms with Gasteiger partial charge in [0.15, 0.2) is 0 Å². The molecule has 2 rings (SSSR count). The largest absolute Gasteiger partial charge is 0.380 e. The van der Waals surface area contributed by atoms with Crippen molar-refractivity contribution in [3.63, 3.8) is 0 Å². The van der Waals surface area contributed by atoms with Crippen LogP contribution in [-0.2, 0) is 0 Å². The summed E-state index contributed by atoms with van der Waals surface area (Å²) in [6, 6.07) is 6.82. The van der Waals surface area contributed by atoms with Gasteiger partial charge in [-0.05, 0) is 75.1 Å². The highest BCUT2D eigenvalue weighted by Gasteiger charge is 2.24. The van der Waals surface area contributed by atoms with Crippen molar-refractivity contribution in [2.75, 3.05) is 5.32 Å². The van der Waals surface area contributed by atoms with Crippen LogP contribution in [0.1, 0.15) is 33.1 Å². The Balaban J connectivity index is 2.10. The van der Waals surface area contributed by atoms with E-state index in [1.807, 2.05) is 6.07 Å². The van der Waals surface area contributed by atoms with Crippen molar-refractivity contribution in [2.45, 2.75) is 39.2 Å². The molecule has 1 N–H and O–H groups in total. The molecule has 0 aliphatic heterocycles. The molecule has 0 bridgehead atoms. The van der Waals surface area contributed by atoms with Crippen LogP contribution in [0, 0.1) is 11.8 Å². The Morgan fingerprint density at radius 2 is 1.53 bits per heavy atom. The Labute approximate surface area is 121 Å². The second-order valence-corrected chi connectivity index (χ2v) is 7.06. The van der Waals surface area contributed by atoms with Crippen LogP contribution in [0.4, 0.5) is 5.69 Å². The Morgan fingerprint density at radius 3 is 2.06 bits per heavy atom. The van der Waals surface area contributed by atoms with Crippen molar-refractivity contribution < 1.29 is 0 Å². The third-order valence-electron chi connectivity index (χ3n) is 3.49. The average molecular weight is 361 g/mol. The van der Waals surface area contributed by atoms with Crippen LogP contribution >= 0.6 is 31.9 Å². The molecule has 0 aromatic heterocycles. The molecule has 0 spiro atoms. The fourth-order valence-electron chi connectivity index (χ4n) is 2.90. The van der Waals surface area contributed by atoms with Crippen LogP contribution in [0.2, 0.25) is 0 Å². The summed E-state index contributed by atoms with van der Waals surface area (Å²) in [4.78, 5) is 0. The Kier molecular flexibility index (Phi) is 4.53. The molecule has 1 saturated carbocycles. The van der Waals surface area contributed by atoms with Gasteiger partial charge in [-0.1, -0.05) is 19.9 Å². The topological polar surface area (TPSA) is 12.0 Å². The van der Waals surface area contributed by atoms with Gasteiger partial charge >= 0.3 is 0 Å². The van der Waals surface area contributed by atoms with E-state index in [1.165, 1.54) is 24.9 Å². The summed E-state index contributed by atoms with van der Waals surface area (Å²) in [5, 5.41) is 3.68. The Hall–Kier alpha value is -0.0200. The minimum absolute atomic E-state index is 0.601. The molecule has 0 heterocycles. The van der Waals surface area contributed by atoms with Gasteiger partial charge < -0.3 is 5.32 Å². The molecule has 17 heavy (non-hydrogen) atoms. The second kappa shape index (κ2) is 5.75. The normalized spacial score (nSPS) is 29.1. The van der Waals surface area contributed by atoms with E-state index in [0.29, 0.717) is 6.04 Å². The average Bonchev–Trinajstić information content (AvgIpc) is 2.22. The van der Waals surface area contributed by atoms with Gasteiger partial charge in [-0.2, -0.15) is 0 Å². The monoisotopic (exact) mass is 359 g/mol. The summed E-state index contributed by atoms with van der Waals surface area (Å²) >= 11 is 7.22. The molecule has 1 aliphatic carbocycles. The van der Waals surface area contributed by atoms with Crippen LogP contribution in [0.3, 0.4) is 0 Å². The predicted molar refractivity (Wildman–Crippen MR) is 81.4 cm³/mol. The number of benzene rings is 1. The Bertz CT molecular complexity index is 362. The number of para-hydroxylation sites is 1. The van der Waals surface area contributed by atoms with E-state index in [1.54, 1.807) is 0 Å². The zero-order chi connectivity index (χ0) is 12.4. The SMILES string of the molecule is CC1CC(C)CC(Nc2c(Br)cccc2Br)C1. The first-order chi connectivity index (χ1) is 8.06. The molecule has 2 unspecified atom stereocenters. The molecular weight excluding hydrogens is 342 g/mol. The third kappa shape index (κ3) is 3.47. The van der Waals surface area contributed by atoms with Crippen molar-refractivity contribution in [3.8, 4) is 0 Å². The second-order valence-electron chi connectivity index (χ2n) is 5.36. The predicted octanol–water partition coefficient (Wildman–Crippen LogP) is 5.45. The highest BCUT2D eigenvalue weighted by Crippen LogP contribution is 2.35. The minimum atomic E-state index is 0.601. The van der Waals surface area contributed by atoms with Gasteiger partial charge in [0.05, 0.1) is 5.69 Å². The zero-order valence-electron chi connectivity index (χ0n) is 10.3. The zero-order valence-corrected chi connectivity index (χ0v) is 13.5. The lowest BCUT2D eigenvalue weighted by molar-refractivity contribution is 0.280. The van der Waals surface area contributed by atoms with Crippen LogP contribution in [-0.4, -0.2) is 6.04 Å². The highest BCUT2D eigenvalue weighted by atomic mass is 79.9. The molecule has 1 aromatic rings. The van der Waals surface area contributed by atoms with E-state index in [-0.39, 0.29) is 0 Å². The van der Waals surface area contributed by atoms with Crippen LogP contribution in [0.25, 0.3) is 0 Å². The van der Waals surface area contributed by atoms with Crippen molar-refractivity contribution in [1.29, 1.82) is 0 Å². The van der Waals surface area contributed by atoms with Crippen LogP contribution in [0.5, 0.6) is 0 Å². The first kappa shape index (κ1) is 13.4. The van der Waals surface area contributed by atoms with Gasteiger partial charge in [-0.15, -0.1) is 0 Å². The molecule has 0 saturated heterocycles. The summed E-state index contributed by atoms with van der Waals surface area (Å²) in [5.41, 5.74) is 1.19. The number of hydrogen-bond acceptors (Lipinski definition) is 1. The molecule has 1 aromatic carbocycles. The maximum Gasteiger partial charge on any atom is 0.0631 e. The van der Waals surface area contributed by atoms with Crippen molar-refractivity contribution in [3.05, 3.63) is 27.1 Å². The van der Waals surface area contributed by atoms with E-state index in [9.17, 15) is 0 Å². The fraction of sp³-hybridized carbons (Fsp3) is 0.571. The summed E-state index contributed by atoms with van der Waals surface area (Å²) < 4.78 is 2.27. The Morgan fingerprint density at radius 1 is 1.00 bits per heavy atom. The smallest absolute Gasteiger partial charge is 0.0631 e. The van der Waals surface area contributed by atoms with E-state index in [0.717, 1.165) is 20.8 Å². The van der Waals surface area contributed by atoms with Gasteiger partial charge in [0.1, 0.15) is 0 Å². The summed E-state index contributed by atoms with van der Waals surface area (Å²) in [7, 11) is 0. The third-order valence-corrected chi connectivity index (χ3v) is 4.81. The molecule has 0 radical (unpaired) electrons. The number of anilines is 1. The van der Waals surface area contributed by atoms with E-state index >= 15 is 0 Å². The molecule has 1 aliphatic rings. The molecule has 3 heteroatoms. The first-order valence-electron chi connectivity index (χ1n) is 6.26. The highest BCUT2D eigenvalue weighted by molar-refractivity contribution is 9.11. The van der Waals surface area contributed by atoms with E-state index in [2.05, 4.69) is 63.2 Å². The summed E-state index contributed by atoms with van der Waals surface area (Å²) in [5.74, 6) is 1.66. The van der Waals surface area contributed by atoms with Gasteiger partial charge in [-0.25, -0.2) is 0 Å². The molecule has 1 nitrogen and oxygen atoms in total. The maximum atomic E-state index is 3.68. The van der Waals surface area contributed by atoms with Crippen LogP contribution < -0.4 is 5.32 Å². The van der Waals surface area contributed by atoms with Gasteiger partial charge in [-0.3, -0.25) is 0 Å². The van der Waals surface area contributed by atoms with Gasteiger partial charge in [0.25, 0.3) is 0 Å². The van der Waals surface area contributed by atoms with Crippen LogP contribution in [0.15, 0.2) is 27.1 Å². The lowest BCUT2D eigenvalue weighted by Crippen LogP contribution is -2.30.